The first-order valence-corrected chi connectivity index (χ1v) is 16.9. The van der Waals surface area contributed by atoms with Gasteiger partial charge in [-0.2, -0.15) is 5.10 Å². The average molecular weight is 634 g/mol. The number of hydrazone groups is 1. The van der Waals surface area contributed by atoms with Gasteiger partial charge >= 0.3 is 0 Å². The highest BCUT2D eigenvalue weighted by atomic mass is 15.5. The largest absolute Gasteiger partial charge is 0.310 e. The summed E-state index contributed by atoms with van der Waals surface area (Å²) in [6.07, 6.45) is 7.23. The Morgan fingerprint density at radius 3 is 1.76 bits per heavy atom. The molecule has 49 heavy (non-hydrogen) atoms. The van der Waals surface area contributed by atoms with E-state index in [4.69, 9.17) is 5.10 Å². The van der Waals surface area contributed by atoms with Crippen molar-refractivity contribution in [2.45, 2.75) is 20.3 Å². The highest BCUT2D eigenvalue weighted by Gasteiger charge is 2.17. The van der Waals surface area contributed by atoms with Crippen LogP contribution in [-0.2, 0) is 6.42 Å². The van der Waals surface area contributed by atoms with Gasteiger partial charge in [0.25, 0.3) is 0 Å². The van der Waals surface area contributed by atoms with Crippen LogP contribution in [0.2, 0.25) is 0 Å². The molecule has 0 amide bonds. The Kier molecular flexibility index (Phi) is 9.43. The van der Waals surface area contributed by atoms with Gasteiger partial charge in [-0.3, -0.25) is 0 Å². The van der Waals surface area contributed by atoms with Gasteiger partial charge in [0, 0.05) is 16.8 Å². The lowest BCUT2D eigenvalue weighted by Gasteiger charge is -2.29. The molecule has 0 aromatic heterocycles. The zero-order chi connectivity index (χ0) is 33.4. The SMILES string of the molecule is CCc1cccc(C)c1N(c1ccccc1)c1ccc(/C=C/c2ccc(/C=N/N(c3ccccc3)c3cccc4ccccc34)cc2)cc1. The minimum absolute atomic E-state index is 0.974. The van der Waals surface area contributed by atoms with E-state index in [1.807, 2.05) is 29.4 Å². The Bertz CT molecular complexity index is 2200. The van der Waals surface area contributed by atoms with Crippen LogP contribution in [0.5, 0.6) is 0 Å². The predicted molar refractivity (Wildman–Crippen MR) is 211 cm³/mol. The lowest BCUT2D eigenvalue weighted by Crippen LogP contribution is -2.13. The fourth-order valence-electron chi connectivity index (χ4n) is 6.28. The van der Waals surface area contributed by atoms with Gasteiger partial charge in [-0.1, -0.05) is 146 Å². The first-order chi connectivity index (χ1) is 24.2. The standard InChI is InChI=1S/C46H39N3/c1-3-39-16-12-14-35(2)46(39)48(41-18-6-4-7-19-41)42-32-30-37(31-33-42)25-24-36-26-28-38(29-27-36)34-47-49(43-20-8-5-9-21-43)45-23-13-17-40-15-10-11-22-44(40)45/h4-34H,3H2,1-2H3/b25-24+,47-34+. The van der Waals surface area contributed by atoms with E-state index in [2.05, 4.69) is 183 Å². The minimum Gasteiger partial charge on any atom is -0.310 e. The van der Waals surface area contributed by atoms with Gasteiger partial charge in [-0.25, -0.2) is 5.01 Å². The third-order valence-corrected chi connectivity index (χ3v) is 8.81. The maximum atomic E-state index is 4.98. The van der Waals surface area contributed by atoms with Gasteiger partial charge < -0.3 is 4.90 Å². The molecule has 7 aromatic carbocycles. The molecule has 0 aliphatic carbocycles. The molecule has 0 unspecified atom stereocenters. The van der Waals surface area contributed by atoms with Crippen molar-refractivity contribution in [2.24, 2.45) is 5.10 Å². The smallest absolute Gasteiger partial charge is 0.0730 e. The lowest BCUT2D eigenvalue weighted by molar-refractivity contribution is 1.10. The summed E-state index contributed by atoms with van der Waals surface area (Å²) >= 11 is 0. The van der Waals surface area contributed by atoms with Crippen LogP contribution in [-0.4, -0.2) is 6.21 Å². The predicted octanol–water partition coefficient (Wildman–Crippen LogP) is 12.5. The minimum atomic E-state index is 0.974. The van der Waals surface area contributed by atoms with Crippen molar-refractivity contribution in [1.29, 1.82) is 0 Å². The van der Waals surface area contributed by atoms with Crippen LogP contribution in [0.3, 0.4) is 0 Å². The maximum absolute atomic E-state index is 4.98. The van der Waals surface area contributed by atoms with Gasteiger partial charge in [0.2, 0.25) is 0 Å². The van der Waals surface area contributed by atoms with E-state index in [0.29, 0.717) is 0 Å². The maximum Gasteiger partial charge on any atom is 0.0730 e. The number of rotatable bonds is 10. The van der Waals surface area contributed by atoms with Gasteiger partial charge in [0.1, 0.15) is 0 Å². The molecular weight excluding hydrogens is 595 g/mol. The Hall–Kier alpha value is -6.19. The monoisotopic (exact) mass is 633 g/mol. The summed E-state index contributed by atoms with van der Waals surface area (Å²) in [5.74, 6) is 0. The van der Waals surface area contributed by atoms with E-state index in [0.717, 1.165) is 51.2 Å². The van der Waals surface area contributed by atoms with E-state index in [9.17, 15) is 0 Å². The van der Waals surface area contributed by atoms with Crippen LogP contribution in [0.4, 0.5) is 28.4 Å². The van der Waals surface area contributed by atoms with Crippen molar-refractivity contribution in [3.8, 4) is 0 Å². The van der Waals surface area contributed by atoms with Crippen molar-refractivity contribution in [2.75, 3.05) is 9.91 Å². The number of benzene rings is 7. The fourth-order valence-corrected chi connectivity index (χ4v) is 6.28. The number of nitrogens with zero attached hydrogens (tertiary/aromatic N) is 3. The molecule has 0 heterocycles. The quantitative estimate of drug-likeness (QED) is 0.0848. The molecule has 3 nitrogen and oxygen atoms in total. The Morgan fingerprint density at radius 1 is 0.510 bits per heavy atom. The summed E-state index contributed by atoms with van der Waals surface area (Å²) in [5, 5.41) is 9.34. The number of hydrogen-bond acceptors (Lipinski definition) is 3. The molecule has 0 fully saturated rings. The number of para-hydroxylation sites is 3. The van der Waals surface area contributed by atoms with Crippen LogP contribution in [0.25, 0.3) is 22.9 Å². The molecule has 0 radical (unpaired) electrons. The molecule has 0 saturated heterocycles. The molecule has 7 rings (SSSR count). The molecule has 3 heteroatoms. The van der Waals surface area contributed by atoms with Gasteiger partial charge in [-0.05, 0) is 89.0 Å². The molecule has 238 valence electrons. The van der Waals surface area contributed by atoms with Gasteiger partial charge in [0.15, 0.2) is 0 Å². The van der Waals surface area contributed by atoms with E-state index < -0.39 is 0 Å². The molecule has 0 N–H and O–H groups in total. The summed E-state index contributed by atoms with van der Waals surface area (Å²) < 4.78 is 0. The van der Waals surface area contributed by atoms with Crippen molar-refractivity contribution in [3.05, 3.63) is 198 Å². The van der Waals surface area contributed by atoms with Gasteiger partial charge in [-0.15, -0.1) is 0 Å². The molecule has 7 aromatic rings. The summed E-state index contributed by atoms with van der Waals surface area (Å²) in [7, 11) is 0. The first kappa shape index (κ1) is 31.4. The van der Waals surface area contributed by atoms with Crippen LogP contribution >= 0.6 is 0 Å². The van der Waals surface area contributed by atoms with Crippen LogP contribution in [0.1, 0.15) is 34.7 Å². The molecular formula is C46H39N3. The average Bonchev–Trinajstić information content (AvgIpc) is 3.16. The second-order valence-electron chi connectivity index (χ2n) is 12.1. The van der Waals surface area contributed by atoms with Crippen molar-refractivity contribution >= 4 is 57.6 Å². The van der Waals surface area contributed by atoms with Crippen molar-refractivity contribution < 1.29 is 0 Å². The van der Waals surface area contributed by atoms with Crippen LogP contribution < -0.4 is 9.91 Å². The van der Waals surface area contributed by atoms with Crippen molar-refractivity contribution in [3.63, 3.8) is 0 Å². The molecule has 0 spiro atoms. The second kappa shape index (κ2) is 14.7. The molecule has 0 atom stereocenters. The molecule has 0 aliphatic rings. The van der Waals surface area contributed by atoms with Crippen LogP contribution in [0, 0.1) is 6.92 Å². The van der Waals surface area contributed by atoms with E-state index >= 15 is 0 Å². The second-order valence-corrected chi connectivity index (χ2v) is 12.1. The summed E-state index contributed by atoms with van der Waals surface area (Å²) in [6.45, 7) is 4.42. The van der Waals surface area contributed by atoms with E-state index in [1.54, 1.807) is 0 Å². The van der Waals surface area contributed by atoms with Crippen LogP contribution in [0.15, 0.2) is 175 Å². The summed E-state index contributed by atoms with van der Waals surface area (Å²) in [4.78, 5) is 2.38. The number of aryl methyl sites for hydroxylation is 2. The van der Waals surface area contributed by atoms with Gasteiger partial charge in [0.05, 0.1) is 23.3 Å². The van der Waals surface area contributed by atoms with E-state index in [1.165, 1.54) is 22.2 Å². The summed E-state index contributed by atoms with van der Waals surface area (Å²) in [5.41, 5.74) is 11.5. The number of anilines is 5. The third-order valence-electron chi connectivity index (χ3n) is 8.81. The van der Waals surface area contributed by atoms with E-state index in [-0.39, 0.29) is 0 Å². The Morgan fingerprint density at radius 2 is 1.06 bits per heavy atom. The third kappa shape index (κ3) is 7.07. The lowest BCUT2D eigenvalue weighted by atomic mass is 10.0. The topological polar surface area (TPSA) is 18.8 Å². The fraction of sp³-hybridized carbons (Fsp3) is 0.0652. The normalized spacial score (nSPS) is 11.4. The number of fused-ring (bicyclic) bond motifs is 1. The zero-order valence-electron chi connectivity index (χ0n) is 27.9. The Balaban J connectivity index is 1.11. The first-order valence-electron chi connectivity index (χ1n) is 16.9. The Labute approximate surface area is 289 Å². The number of hydrogen-bond donors (Lipinski definition) is 0. The van der Waals surface area contributed by atoms with Crippen molar-refractivity contribution in [1.82, 2.24) is 0 Å². The highest BCUT2D eigenvalue weighted by molar-refractivity contribution is 5.96. The molecule has 0 bridgehead atoms. The highest BCUT2D eigenvalue weighted by Crippen LogP contribution is 2.39. The summed E-state index contributed by atoms with van der Waals surface area (Å²) in [6, 6.07) is 59.6. The molecule has 0 aliphatic heterocycles. The molecule has 0 saturated carbocycles. The zero-order valence-corrected chi connectivity index (χ0v) is 27.9.